The molecule has 0 bridgehead atoms. The van der Waals surface area contributed by atoms with Crippen LogP contribution in [0.4, 0.5) is 5.69 Å². The van der Waals surface area contributed by atoms with Gasteiger partial charge in [-0.15, -0.1) is 11.8 Å². The molecule has 1 heterocycles. The highest BCUT2D eigenvalue weighted by molar-refractivity contribution is 8.00. The molecule has 2 aromatic rings. The third kappa shape index (κ3) is 7.19. The number of imide groups is 1. The van der Waals surface area contributed by atoms with Crippen molar-refractivity contribution in [2.75, 3.05) is 31.3 Å². The molecule has 1 aliphatic heterocycles. The third-order valence-corrected chi connectivity index (χ3v) is 8.08. The number of nitrogens with zero attached hydrogens (tertiary/aromatic N) is 1. The van der Waals surface area contributed by atoms with Crippen molar-refractivity contribution < 1.29 is 41.3 Å². The first kappa shape index (κ1) is 30.2. The number of benzene rings is 2. The molecule has 0 spiro atoms. The van der Waals surface area contributed by atoms with E-state index in [1.54, 1.807) is 7.05 Å². The molecule has 1 fully saturated rings. The molecule has 2 aliphatic rings. The Morgan fingerprint density at radius 1 is 1.13 bits per heavy atom. The van der Waals surface area contributed by atoms with Gasteiger partial charge in [-0.2, -0.15) is 0 Å². The van der Waals surface area contributed by atoms with Crippen molar-refractivity contribution in [1.29, 1.82) is 0 Å². The van der Waals surface area contributed by atoms with Gasteiger partial charge in [0.1, 0.15) is 6.61 Å². The molecule has 2 unspecified atom stereocenters. The SMILES string of the molecule is C[NH+]=C(N)CCCSC1CC(=O)N(CCC(=O)Nc2ccc3c(c2)C(COC(C)=O)c2ccccc2-3)C1=O.[Cl-]. The van der Waals surface area contributed by atoms with Gasteiger partial charge in [0.25, 0.3) is 0 Å². The van der Waals surface area contributed by atoms with Gasteiger partial charge in [-0.3, -0.25) is 34.8 Å². The first-order valence-corrected chi connectivity index (χ1v) is 13.7. The molecule has 2 atom stereocenters. The Morgan fingerprint density at radius 2 is 1.87 bits per heavy atom. The second-order valence-corrected chi connectivity index (χ2v) is 10.7. The number of rotatable bonds is 11. The van der Waals surface area contributed by atoms with Crippen LogP contribution < -0.4 is 28.4 Å². The van der Waals surface area contributed by atoms with Crippen LogP contribution in [0.1, 0.15) is 49.7 Å². The fourth-order valence-electron chi connectivity index (χ4n) is 4.84. The molecule has 39 heavy (non-hydrogen) atoms. The quantitative estimate of drug-likeness (QED) is 0.0971. The zero-order valence-corrected chi connectivity index (χ0v) is 23.6. The lowest BCUT2D eigenvalue weighted by atomic mass is 9.97. The zero-order chi connectivity index (χ0) is 27.2. The monoisotopic (exact) mass is 572 g/mol. The van der Waals surface area contributed by atoms with Gasteiger partial charge in [0.2, 0.25) is 23.6 Å². The fraction of sp³-hybridized carbons (Fsp3) is 0.393. The van der Waals surface area contributed by atoms with E-state index in [1.807, 2.05) is 42.5 Å². The predicted molar refractivity (Wildman–Crippen MR) is 146 cm³/mol. The number of nitrogens with one attached hydrogen (secondary N) is 2. The summed E-state index contributed by atoms with van der Waals surface area (Å²) in [5.74, 6) is 0.188. The van der Waals surface area contributed by atoms with Crippen LogP contribution in [0.2, 0.25) is 0 Å². The lowest BCUT2D eigenvalue weighted by Gasteiger charge is -2.16. The molecule has 0 aromatic heterocycles. The van der Waals surface area contributed by atoms with Crippen molar-refractivity contribution in [2.45, 2.75) is 43.8 Å². The Hall–Kier alpha value is -3.37. The highest BCUT2D eigenvalue weighted by Crippen LogP contribution is 2.45. The number of thioether (sulfide) groups is 1. The number of ether oxygens (including phenoxy) is 1. The van der Waals surface area contributed by atoms with Crippen molar-refractivity contribution in [3.05, 3.63) is 53.6 Å². The normalized spacial score (nSPS) is 17.9. The summed E-state index contributed by atoms with van der Waals surface area (Å²) in [5.41, 5.74) is 10.5. The summed E-state index contributed by atoms with van der Waals surface area (Å²) in [4.78, 5) is 53.4. The summed E-state index contributed by atoms with van der Waals surface area (Å²) in [6.07, 6.45) is 1.69. The van der Waals surface area contributed by atoms with Crippen molar-refractivity contribution in [3.8, 4) is 11.1 Å². The molecule has 2 aromatic carbocycles. The van der Waals surface area contributed by atoms with E-state index in [2.05, 4.69) is 10.3 Å². The Morgan fingerprint density at radius 3 is 2.62 bits per heavy atom. The molecule has 4 rings (SSSR count). The molecule has 11 heteroatoms. The van der Waals surface area contributed by atoms with Crippen molar-refractivity contribution in [2.24, 2.45) is 5.73 Å². The highest BCUT2D eigenvalue weighted by atomic mass is 35.5. The van der Waals surface area contributed by atoms with E-state index in [4.69, 9.17) is 10.5 Å². The summed E-state index contributed by atoms with van der Waals surface area (Å²) >= 11 is 1.46. The molecule has 4 N–H and O–H groups in total. The standard InChI is InChI=1S/C28H32N4O5S.ClH/c1-17(33)37-16-23-20-7-4-3-6-19(20)21-10-9-18(14-22(21)23)31-26(34)11-12-32-27(35)15-24(28(32)36)38-13-5-8-25(29)30-2;/h3-4,6-7,9-10,14,23-24H,5,8,11-13,15-16H2,1-2H3,(H2,29,30)(H,31,34);1H. The zero-order valence-electron chi connectivity index (χ0n) is 22.0. The van der Waals surface area contributed by atoms with Crippen LogP contribution >= 0.6 is 11.8 Å². The second-order valence-electron chi connectivity index (χ2n) is 9.37. The van der Waals surface area contributed by atoms with E-state index in [-0.39, 0.29) is 68.0 Å². The van der Waals surface area contributed by atoms with Gasteiger partial charge in [0, 0.05) is 44.3 Å². The van der Waals surface area contributed by atoms with E-state index in [9.17, 15) is 19.2 Å². The molecule has 3 amide bonds. The second kappa shape index (κ2) is 13.6. The minimum atomic E-state index is -0.408. The van der Waals surface area contributed by atoms with Crippen LogP contribution in [0.5, 0.6) is 0 Å². The molecule has 9 nitrogen and oxygen atoms in total. The van der Waals surface area contributed by atoms with Crippen LogP contribution in [-0.4, -0.2) is 65.6 Å². The topological polar surface area (TPSA) is 133 Å². The number of anilines is 1. The number of esters is 1. The molecular weight excluding hydrogens is 540 g/mol. The van der Waals surface area contributed by atoms with Gasteiger partial charge < -0.3 is 22.5 Å². The van der Waals surface area contributed by atoms with Gasteiger partial charge in [-0.25, -0.2) is 0 Å². The number of carbonyl (C=O) groups is 4. The average molecular weight is 573 g/mol. The lowest BCUT2D eigenvalue weighted by Crippen LogP contribution is -3.00. The van der Waals surface area contributed by atoms with Gasteiger partial charge in [0.05, 0.1) is 12.3 Å². The third-order valence-electron chi connectivity index (χ3n) is 6.79. The molecule has 1 aliphatic carbocycles. The molecule has 208 valence electrons. The number of hydrogen-bond donors (Lipinski definition) is 3. The van der Waals surface area contributed by atoms with E-state index >= 15 is 0 Å². The number of amides is 3. The number of amidine groups is 1. The van der Waals surface area contributed by atoms with Crippen LogP contribution in [0.25, 0.3) is 11.1 Å². The van der Waals surface area contributed by atoms with E-state index < -0.39 is 5.25 Å². The maximum atomic E-state index is 12.7. The summed E-state index contributed by atoms with van der Waals surface area (Å²) in [6.45, 7) is 1.65. The van der Waals surface area contributed by atoms with E-state index in [1.165, 1.54) is 23.6 Å². The molecule has 0 saturated carbocycles. The van der Waals surface area contributed by atoms with Gasteiger partial charge in [-0.05, 0) is 46.6 Å². The minimum Gasteiger partial charge on any atom is -1.00 e. The van der Waals surface area contributed by atoms with Gasteiger partial charge >= 0.3 is 5.97 Å². The van der Waals surface area contributed by atoms with Gasteiger partial charge in [-0.1, -0.05) is 30.3 Å². The maximum absolute atomic E-state index is 12.7. The summed E-state index contributed by atoms with van der Waals surface area (Å²) < 4.78 is 5.32. The first-order chi connectivity index (χ1) is 18.3. The average Bonchev–Trinajstić information content (AvgIpc) is 3.36. The summed E-state index contributed by atoms with van der Waals surface area (Å²) in [5, 5.41) is 2.48. The summed E-state index contributed by atoms with van der Waals surface area (Å²) in [7, 11) is 1.77. The van der Waals surface area contributed by atoms with Crippen LogP contribution in [0.15, 0.2) is 42.5 Å². The van der Waals surface area contributed by atoms with E-state index in [0.717, 1.165) is 34.4 Å². The van der Waals surface area contributed by atoms with Gasteiger partial charge in [0.15, 0.2) is 0 Å². The van der Waals surface area contributed by atoms with Crippen molar-refractivity contribution in [1.82, 2.24) is 4.90 Å². The Labute approximate surface area is 238 Å². The number of carbonyl (C=O) groups excluding carboxylic acids is 4. The predicted octanol–water partition coefficient (Wildman–Crippen LogP) is -1.60. The molecule has 1 saturated heterocycles. The Kier molecular flexibility index (Phi) is 10.5. The molecule has 0 radical (unpaired) electrons. The highest BCUT2D eigenvalue weighted by Gasteiger charge is 2.38. The number of fused-ring (bicyclic) bond motifs is 3. The minimum absolute atomic E-state index is 0. The first-order valence-electron chi connectivity index (χ1n) is 12.7. The van der Waals surface area contributed by atoms with Crippen molar-refractivity contribution in [3.63, 3.8) is 0 Å². The van der Waals surface area contributed by atoms with Crippen LogP contribution in [0, 0.1) is 0 Å². The number of likely N-dealkylation sites (tertiary alicyclic amines) is 1. The molecular formula is C28H33ClN4O5S. The fourth-order valence-corrected chi connectivity index (χ4v) is 5.96. The lowest BCUT2D eigenvalue weighted by molar-refractivity contribution is -0.422. The van der Waals surface area contributed by atoms with Crippen molar-refractivity contribution >= 4 is 47.0 Å². The largest absolute Gasteiger partial charge is 1.00 e. The van der Waals surface area contributed by atoms with Crippen LogP contribution in [-0.2, 0) is 23.9 Å². The Balaban J connectivity index is 0.00000420. The summed E-state index contributed by atoms with van der Waals surface area (Å²) in [6, 6.07) is 13.7. The maximum Gasteiger partial charge on any atom is 0.302 e. The Bertz CT molecular complexity index is 1280. The number of nitrogens with two attached hydrogens (primary N) is 1. The van der Waals surface area contributed by atoms with Crippen LogP contribution in [0.3, 0.4) is 0 Å². The number of hydrogen-bond acceptors (Lipinski definition) is 6. The number of halogens is 1. The smallest absolute Gasteiger partial charge is 0.302 e. The van der Waals surface area contributed by atoms with E-state index in [0.29, 0.717) is 17.9 Å².